The number of benzene rings is 1. The Morgan fingerprint density at radius 2 is 2.21 bits per heavy atom. The lowest BCUT2D eigenvalue weighted by Crippen LogP contribution is -2.35. The molecule has 3 rings (SSSR count). The van der Waals surface area contributed by atoms with Crippen LogP contribution in [0.3, 0.4) is 0 Å². The van der Waals surface area contributed by atoms with Crippen LogP contribution in [0.25, 0.3) is 0 Å². The molecule has 1 amide bonds. The zero-order chi connectivity index (χ0) is 13.5. The predicted octanol–water partition coefficient (Wildman–Crippen LogP) is 3.24. The van der Waals surface area contributed by atoms with E-state index in [4.69, 9.17) is 0 Å². The van der Waals surface area contributed by atoms with Crippen molar-refractivity contribution in [3.05, 3.63) is 29.3 Å². The first kappa shape index (κ1) is 12.3. The first-order valence-electron chi connectivity index (χ1n) is 6.91. The van der Waals surface area contributed by atoms with Crippen LogP contribution in [0.1, 0.15) is 37.3 Å². The van der Waals surface area contributed by atoms with Gasteiger partial charge >= 0.3 is 0 Å². The lowest BCUT2D eigenvalue weighted by atomic mass is 9.99. The summed E-state index contributed by atoms with van der Waals surface area (Å²) in [6.45, 7) is 4.89. The van der Waals surface area contributed by atoms with Crippen LogP contribution < -0.4 is 4.90 Å². The van der Waals surface area contributed by atoms with Gasteiger partial charge in [-0.15, -0.1) is 0 Å². The fraction of sp³-hybridized carbons (Fsp3) is 0.533. The molecule has 0 saturated carbocycles. The molecule has 2 aliphatic rings. The van der Waals surface area contributed by atoms with Gasteiger partial charge in [-0.2, -0.15) is 10.2 Å². The zero-order valence-electron chi connectivity index (χ0n) is 11.5. The monoisotopic (exact) mass is 257 g/mol. The normalized spacial score (nSPS) is 19.2. The summed E-state index contributed by atoms with van der Waals surface area (Å²) in [6, 6.07) is 6.36. The summed E-state index contributed by atoms with van der Waals surface area (Å²) >= 11 is 0. The molecular weight excluding hydrogens is 238 g/mol. The highest BCUT2D eigenvalue weighted by atomic mass is 16.2. The first-order chi connectivity index (χ1) is 9.07. The number of nitrogens with zero attached hydrogens (tertiary/aromatic N) is 3. The van der Waals surface area contributed by atoms with Crippen LogP contribution in [0, 0.1) is 6.92 Å². The number of fused-ring (bicyclic) bond motifs is 1. The second kappa shape index (κ2) is 4.44. The summed E-state index contributed by atoms with van der Waals surface area (Å²) in [7, 11) is 0. The molecule has 2 aliphatic heterocycles. The standard InChI is InChI=1S/C15H19N3O/c1-11-5-6-13-12(10-11)4-3-9-18(13)14(19)7-8-15(2)16-17-15/h5-6,10H,3-4,7-9H2,1-2H3. The Hall–Kier alpha value is -1.71. The lowest BCUT2D eigenvalue weighted by Gasteiger charge is -2.30. The molecule has 1 aromatic rings. The number of amides is 1. The van der Waals surface area contributed by atoms with Crippen molar-refractivity contribution in [1.29, 1.82) is 0 Å². The van der Waals surface area contributed by atoms with Gasteiger partial charge in [0.15, 0.2) is 5.66 Å². The Bertz CT molecular complexity index is 544. The average molecular weight is 257 g/mol. The highest BCUT2D eigenvalue weighted by Crippen LogP contribution is 2.33. The SMILES string of the molecule is Cc1ccc2c(c1)CCCN2C(=O)CCC1(C)N=N1. The Morgan fingerprint density at radius 3 is 2.95 bits per heavy atom. The van der Waals surface area contributed by atoms with E-state index in [2.05, 4.69) is 35.4 Å². The van der Waals surface area contributed by atoms with E-state index in [0.29, 0.717) is 6.42 Å². The molecule has 0 saturated heterocycles. The summed E-state index contributed by atoms with van der Waals surface area (Å²) in [5.41, 5.74) is 3.38. The van der Waals surface area contributed by atoms with Crippen LogP contribution in [-0.4, -0.2) is 18.1 Å². The molecule has 100 valence electrons. The minimum absolute atomic E-state index is 0.198. The molecule has 0 aromatic heterocycles. The van der Waals surface area contributed by atoms with Crippen molar-refractivity contribution in [2.75, 3.05) is 11.4 Å². The largest absolute Gasteiger partial charge is 0.312 e. The van der Waals surface area contributed by atoms with Crippen molar-refractivity contribution in [2.45, 2.75) is 45.2 Å². The number of hydrogen-bond donors (Lipinski definition) is 0. The molecule has 0 fully saturated rings. The summed E-state index contributed by atoms with van der Waals surface area (Å²) in [5.74, 6) is 0.198. The summed E-state index contributed by atoms with van der Waals surface area (Å²) in [5, 5.41) is 7.92. The maximum absolute atomic E-state index is 12.4. The predicted molar refractivity (Wildman–Crippen MR) is 74.3 cm³/mol. The maximum Gasteiger partial charge on any atom is 0.227 e. The van der Waals surface area contributed by atoms with E-state index in [1.165, 1.54) is 11.1 Å². The van der Waals surface area contributed by atoms with Crippen molar-refractivity contribution in [3.8, 4) is 0 Å². The Labute approximate surface area is 113 Å². The van der Waals surface area contributed by atoms with Gasteiger partial charge < -0.3 is 4.90 Å². The fourth-order valence-corrected chi connectivity index (χ4v) is 2.65. The number of rotatable bonds is 3. The van der Waals surface area contributed by atoms with Gasteiger partial charge in [-0.1, -0.05) is 17.7 Å². The molecule has 0 atom stereocenters. The molecule has 4 nitrogen and oxygen atoms in total. The Morgan fingerprint density at radius 1 is 1.42 bits per heavy atom. The molecular formula is C15H19N3O. The first-order valence-corrected chi connectivity index (χ1v) is 6.91. The summed E-state index contributed by atoms with van der Waals surface area (Å²) in [4.78, 5) is 14.3. The smallest absolute Gasteiger partial charge is 0.227 e. The van der Waals surface area contributed by atoms with Crippen LogP contribution in [0.2, 0.25) is 0 Å². The van der Waals surface area contributed by atoms with Crippen LogP contribution in [0.15, 0.2) is 28.4 Å². The molecule has 4 heteroatoms. The van der Waals surface area contributed by atoms with Gasteiger partial charge in [0.1, 0.15) is 0 Å². The van der Waals surface area contributed by atoms with E-state index in [-0.39, 0.29) is 11.6 Å². The molecule has 0 spiro atoms. The molecule has 0 radical (unpaired) electrons. The van der Waals surface area contributed by atoms with E-state index in [1.807, 2.05) is 11.8 Å². The topological polar surface area (TPSA) is 45.0 Å². The van der Waals surface area contributed by atoms with Crippen LogP contribution in [0.4, 0.5) is 5.69 Å². The Kier molecular flexibility index (Phi) is 2.88. The second-order valence-corrected chi connectivity index (χ2v) is 5.70. The minimum Gasteiger partial charge on any atom is -0.312 e. The summed E-state index contributed by atoms with van der Waals surface area (Å²) in [6.07, 6.45) is 3.37. The van der Waals surface area contributed by atoms with Crippen LogP contribution in [0.5, 0.6) is 0 Å². The number of hydrogen-bond acceptors (Lipinski definition) is 3. The van der Waals surface area contributed by atoms with Gasteiger partial charge in [-0.25, -0.2) is 0 Å². The van der Waals surface area contributed by atoms with Gasteiger partial charge in [-0.05, 0) is 38.3 Å². The van der Waals surface area contributed by atoms with Gasteiger partial charge in [0.05, 0.1) is 0 Å². The molecule has 0 N–H and O–H groups in total. The summed E-state index contributed by atoms with van der Waals surface area (Å²) < 4.78 is 0. The van der Waals surface area contributed by atoms with E-state index in [0.717, 1.165) is 31.5 Å². The van der Waals surface area contributed by atoms with Gasteiger partial charge in [-0.3, -0.25) is 4.79 Å². The van der Waals surface area contributed by atoms with Crippen molar-refractivity contribution in [3.63, 3.8) is 0 Å². The Balaban J connectivity index is 1.73. The van der Waals surface area contributed by atoms with Gasteiger partial charge in [0.2, 0.25) is 5.91 Å². The van der Waals surface area contributed by atoms with E-state index in [9.17, 15) is 4.79 Å². The molecule has 0 aliphatic carbocycles. The van der Waals surface area contributed by atoms with E-state index >= 15 is 0 Å². The third-order valence-electron chi connectivity index (χ3n) is 3.91. The van der Waals surface area contributed by atoms with Crippen molar-refractivity contribution < 1.29 is 4.79 Å². The number of carbonyl (C=O) groups excluding carboxylic acids is 1. The van der Waals surface area contributed by atoms with E-state index in [1.54, 1.807) is 0 Å². The highest BCUT2D eigenvalue weighted by Gasteiger charge is 2.35. The van der Waals surface area contributed by atoms with Gasteiger partial charge in [0, 0.05) is 25.1 Å². The quantitative estimate of drug-likeness (QED) is 0.819. The van der Waals surface area contributed by atoms with Crippen molar-refractivity contribution in [1.82, 2.24) is 0 Å². The maximum atomic E-state index is 12.4. The van der Waals surface area contributed by atoms with Crippen molar-refractivity contribution in [2.24, 2.45) is 10.2 Å². The molecule has 0 bridgehead atoms. The zero-order valence-corrected chi connectivity index (χ0v) is 11.5. The molecule has 2 heterocycles. The molecule has 1 aromatic carbocycles. The van der Waals surface area contributed by atoms with Crippen molar-refractivity contribution >= 4 is 11.6 Å². The van der Waals surface area contributed by atoms with Gasteiger partial charge in [0.25, 0.3) is 0 Å². The van der Waals surface area contributed by atoms with Crippen LogP contribution in [-0.2, 0) is 11.2 Å². The number of anilines is 1. The third kappa shape index (κ3) is 2.53. The molecule has 0 unspecified atom stereocenters. The van der Waals surface area contributed by atoms with E-state index < -0.39 is 0 Å². The van der Waals surface area contributed by atoms with Crippen LogP contribution >= 0.6 is 0 Å². The number of carbonyl (C=O) groups is 1. The fourth-order valence-electron chi connectivity index (χ4n) is 2.65. The average Bonchev–Trinajstić information content (AvgIpc) is 3.13. The number of aryl methyl sites for hydroxylation is 2. The highest BCUT2D eigenvalue weighted by molar-refractivity contribution is 5.94. The third-order valence-corrected chi connectivity index (χ3v) is 3.91. The minimum atomic E-state index is -0.276. The molecule has 19 heavy (non-hydrogen) atoms. The second-order valence-electron chi connectivity index (χ2n) is 5.70. The lowest BCUT2D eigenvalue weighted by molar-refractivity contribution is -0.118.